The highest BCUT2D eigenvalue weighted by Gasteiger charge is 2.13. The van der Waals surface area contributed by atoms with Crippen molar-refractivity contribution in [2.75, 3.05) is 6.61 Å². The Bertz CT molecular complexity index is 573. The van der Waals surface area contributed by atoms with Gasteiger partial charge in [-0.2, -0.15) is 0 Å². The molecule has 0 bridgehead atoms. The van der Waals surface area contributed by atoms with E-state index in [9.17, 15) is 9.59 Å². The molecule has 4 nitrogen and oxygen atoms in total. The molecule has 0 radical (unpaired) electrons. The van der Waals surface area contributed by atoms with Gasteiger partial charge in [0.1, 0.15) is 6.10 Å². The standard InChI is InChI=1S/C20H26O4/c1-16(10-6-5-9-15-23-17(2)21)20(24-18(3)22)14-13-19-11-7-4-8-12-19/h4-8,10-12,20H,9,13-15H2,1-3H3/b6-5+,16-10+. The smallest absolute Gasteiger partial charge is 0.303 e. The summed E-state index contributed by atoms with van der Waals surface area (Å²) in [4.78, 5) is 22.0. The Morgan fingerprint density at radius 3 is 2.42 bits per heavy atom. The Hall–Kier alpha value is -2.36. The Kier molecular flexibility index (Phi) is 9.20. The molecule has 0 N–H and O–H groups in total. The number of hydrogen-bond donors (Lipinski definition) is 0. The lowest BCUT2D eigenvalue weighted by Gasteiger charge is -2.17. The molecule has 1 aromatic rings. The first-order valence-corrected chi connectivity index (χ1v) is 8.17. The van der Waals surface area contributed by atoms with E-state index in [1.165, 1.54) is 19.4 Å². The van der Waals surface area contributed by atoms with Crippen LogP contribution in [-0.4, -0.2) is 24.6 Å². The zero-order valence-electron chi connectivity index (χ0n) is 14.7. The van der Waals surface area contributed by atoms with Crippen molar-refractivity contribution in [1.29, 1.82) is 0 Å². The lowest BCUT2D eigenvalue weighted by molar-refractivity contribution is -0.145. The van der Waals surface area contributed by atoms with Crippen molar-refractivity contribution in [1.82, 2.24) is 0 Å². The van der Waals surface area contributed by atoms with Crippen LogP contribution in [0.15, 0.2) is 54.1 Å². The molecule has 130 valence electrons. The van der Waals surface area contributed by atoms with Gasteiger partial charge in [-0.3, -0.25) is 9.59 Å². The third-order valence-electron chi connectivity index (χ3n) is 3.44. The van der Waals surface area contributed by atoms with Gasteiger partial charge >= 0.3 is 11.9 Å². The van der Waals surface area contributed by atoms with Gasteiger partial charge in [0.25, 0.3) is 0 Å². The van der Waals surface area contributed by atoms with E-state index >= 15 is 0 Å². The summed E-state index contributed by atoms with van der Waals surface area (Å²) in [7, 11) is 0. The minimum absolute atomic E-state index is 0.235. The summed E-state index contributed by atoms with van der Waals surface area (Å²) in [6, 6.07) is 10.1. The van der Waals surface area contributed by atoms with Gasteiger partial charge in [0, 0.05) is 13.8 Å². The molecule has 0 aromatic heterocycles. The molecule has 0 spiro atoms. The number of benzene rings is 1. The van der Waals surface area contributed by atoms with Crippen LogP contribution in [0.4, 0.5) is 0 Å². The topological polar surface area (TPSA) is 52.6 Å². The second-order valence-corrected chi connectivity index (χ2v) is 5.59. The maximum Gasteiger partial charge on any atom is 0.303 e. The Balaban J connectivity index is 2.55. The summed E-state index contributed by atoms with van der Waals surface area (Å²) in [5.74, 6) is -0.550. The van der Waals surface area contributed by atoms with E-state index < -0.39 is 0 Å². The van der Waals surface area contributed by atoms with Gasteiger partial charge in [-0.25, -0.2) is 0 Å². The van der Waals surface area contributed by atoms with Crippen LogP contribution in [-0.2, 0) is 25.5 Å². The van der Waals surface area contributed by atoms with Gasteiger partial charge in [0.15, 0.2) is 0 Å². The van der Waals surface area contributed by atoms with Gasteiger partial charge in [0.2, 0.25) is 0 Å². The molecule has 0 amide bonds. The van der Waals surface area contributed by atoms with Crippen LogP contribution < -0.4 is 0 Å². The fourth-order valence-corrected chi connectivity index (χ4v) is 2.22. The van der Waals surface area contributed by atoms with Crippen molar-refractivity contribution < 1.29 is 19.1 Å². The second-order valence-electron chi connectivity index (χ2n) is 5.59. The first kappa shape index (κ1) is 19.7. The van der Waals surface area contributed by atoms with E-state index in [0.717, 1.165) is 18.4 Å². The zero-order chi connectivity index (χ0) is 17.8. The van der Waals surface area contributed by atoms with Crippen LogP contribution >= 0.6 is 0 Å². The number of allylic oxidation sites excluding steroid dienone is 2. The van der Waals surface area contributed by atoms with Crippen molar-refractivity contribution in [3.05, 3.63) is 59.7 Å². The van der Waals surface area contributed by atoms with Crippen LogP contribution in [0.25, 0.3) is 0 Å². The summed E-state index contributed by atoms with van der Waals surface area (Å²) in [6.07, 6.45) is 7.78. The van der Waals surface area contributed by atoms with Crippen LogP contribution in [0.5, 0.6) is 0 Å². The number of rotatable bonds is 9. The number of aryl methyl sites for hydroxylation is 1. The van der Waals surface area contributed by atoms with E-state index in [2.05, 4.69) is 12.1 Å². The summed E-state index contributed by atoms with van der Waals surface area (Å²) < 4.78 is 10.3. The number of ether oxygens (including phenoxy) is 2. The fourth-order valence-electron chi connectivity index (χ4n) is 2.22. The Morgan fingerprint density at radius 2 is 1.79 bits per heavy atom. The normalized spacial score (nSPS) is 12.9. The molecule has 4 heteroatoms. The largest absolute Gasteiger partial charge is 0.466 e. The number of carbonyl (C=O) groups excluding carboxylic acids is 2. The summed E-state index contributed by atoms with van der Waals surface area (Å²) in [5.41, 5.74) is 2.21. The highest BCUT2D eigenvalue weighted by atomic mass is 16.5. The minimum atomic E-state index is -0.278. The third-order valence-corrected chi connectivity index (χ3v) is 3.44. The molecule has 0 aliphatic rings. The van der Waals surface area contributed by atoms with Crippen LogP contribution in [0.3, 0.4) is 0 Å². The van der Waals surface area contributed by atoms with E-state index in [4.69, 9.17) is 9.47 Å². The molecule has 1 unspecified atom stereocenters. The molecule has 24 heavy (non-hydrogen) atoms. The molecular weight excluding hydrogens is 304 g/mol. The first-order chi connectivity index (χ1) is 11.5. The van der Waals surface area contributed by atoms with E-state index in [-0.39, 0.29) is 18.0 Å². The average Bonchev–Trinajstić information content (AvgIpc) is 2.54. The Labute approximate surface area is 144 Å². The Morgan fingerprint density at radius 1 is 1.08 bits per heavy atom. The van der Waals surface area contributed by atoms with Gasteiger partial charge < -0.3 is 9.47 Å². The fraction of sp³-hybridized carbons (Fsp3) is 0.400. The maximum absolute atomic E-state index is 11.3. The van der Waals surface area contributed by atoms with Crippen molar-refractivity contribution in [3.63, 3.8) is 0 Å². The van der Waals surface area contributed by atoms with Crippen molar-refractivity contribution >= 4 is 11.9 Å². The van der Waals surface area contributed by atoms with Crippen LogP contribution in [0.1, 0.15) is 39.2 Å². The van der Waals surface area contributed by atoms with E-state index in [1.807, 2.05) is 43.4 Å². The summed E-state index contributed by atoms with van der Waals surface area (Å²) in [6.45, 7) is 5.15. The third kappa shape index (κ3) is 8.93. The highest BCUT2D eigenvalue weighted by molar-refractivity contribution is 5.66. The molecule has 0 aliphatic heterocycles. The molecule has 1 aromatic carbocycles. The molecule has 1 atom stereocenters. The predicted octanol–water partition coefficient (Wildman–Crippen LogP) is 4.01. The average molecular weight is 330 g/mol. The molecule has 0 saturated heterocycles. The minimum Gasteiger partial charge on any atom is -0.466 e. The molecule has 0 heterocycles. The highest BCUT2D eigenvalue weighted by Crippen LogP contribution is 2.15. The van der Waals surface area contributed by atoms with Crippen LogP contribution in [0.2, 0.25) is 0 Å². The summed E-state index contributed by atoms with van der Waals surface area (Å²) in [5, 5.41) is 0. The van der Waals surface area contributed by atoms with Crippen molar-refractivity contribution in [2.45, 2.75) is 46.1 Å². The predicted molar refractivity (Wildman–Crippen MR) is 94.5 cm³/mol. The van der Waals surface area contributed by atoms with Gasteiger partial charge in [-0.1, -0.05) is 48.6 Å². The lowest BCUT2D eigenvalue weighted by Crippen LogP contribution is -2.18. The molecule has 0 saturated carbocycles. The second kappa shape index (κ2) is 11.2. The maximum atomic E-state index is 11.3. The summed E-state index contributed by atoms with van der Waals surface area (Å²) >= 11 is 0. The number of hydrogen-bond acceptors (Lipinski definition) is 4. The molecule has 0 fully saturated rings. The quantitative estimate of drug-likeness (QED) is 0.390. The van der Waals surface area contributed by atoms with Gasteiger partial charge in [0.05, 0.1) is 6.61 Å². The van der Waals surface area contributed by atoms with Crippen molar-refractivity contribution in [3.8, 4) is 0 Å². The number of carbonyl (C=O) groups is 2. The molecular formula is C20H26O4. The first-order valence-electron chi connectivity index (χ1n) is 8.17. The SMILES string of the molecule is CC(=O)OCC/C=C/C=C(\C)C(CCc1ccccc1)OC(C)=O. The van der Waals surface area contributed by atoms with Crippen LogP contribution in [0, 0.1) is 0 Å². The zero-order valence-corrected chi connectivity index (χ0v) is 14.7. The molecule has 0 aliphatic carbocycles. The monoisotopic (exact) mass is 330 g/mol. The van der Waals surface area contributed by atoms with Gasteiger partial charge in [-0.15, -0.1) is 0 Å². The van der Waals surface area contributed by atoms with Crippen molar-refractivity contribution in [2.24, 2.45) is 0 Å². The van der Waals surface area contributed by atoms with E-state index in [0.29, 0.717) is 13.0 Å². The lowest BCUT2D eigenvalue weighted by atomic mass is 10.0. The van der Waals surface area contributed by atoms with E-state index in [1.54, 1.807) is 0 Å². The number of esters is 2. The molecule has 1 rings (SSSR count). The van der Waals surface area contributed by atoms with Gasteiger partial charge in [-0.05, 0) is 37.3 Å².